The maximum atomic E-state index is 14.2. The van der Waals surface area contributed by atoms with Crippen LogP contribution in [0.4, 0.5) is 5.69 Å². The van der Waals surface area contributed by atoms with Crippen LogP contribution in [0.2, 0.25) is 5.02 Å². The largest absolute Gasteiger partial charge is 0.497 e. The molecule has 0 aliphatic heterocycles. The van der Waals surface area contributed by atoms with Crippen molar-refractivity contribution in [1.82, 2.24) is 10.2 Å². The van der Waals surface area contributed by atoms with E-state index in [9.17, 15) is 18.0 Å². The van der Waals surface area contributed by atoms with Gasteiger partial charge in [-0.1, -0.05) is 55.3 Å². The number of ether oxygens (including phenoxy) is 1. The number of hydrogen-bond acceptors (Lipinski definition) is 5. The lowest BCUT2D eigenvalue weighted by Crippen LogP contribution is -2.53. The Labute approximate surface area is 254 Å². The van der Waals surface area contributed by atoms with E-state index in [-0.39, 0.29) is 23.4 Å². The predicted molar refractivity (Wildman–Crippen MR) is 167 cm³/mol. The number of halogens is 1. The molecule has 3 aromatic rings. The first-order valence-electron chi connectivity index (χ1n) is 14.0. The molecule has 0 spiro atoms. The van der Waals surface area contributed by atoms with Gasteiger partial charge >= 0.3 is 0 Å². The number of amides is 2. The zero-order chi connectivity index (χ0) is 31.0. The maximum Gasteiger partial charge on any atom is 0.264 e. The Bertz CT molecular complexity index is 1480. The van der Waals surface area contributed by atoms with E-state index in [0.717, 1.165) is 21.9 Å². The summed E-state index contributed by atoms with van der Waals surface area (Å²) in [5.41, 5.74) is 2.60. The van der Waals surface area contributed by atoms with Crippen molar-refractivity contribution in [3.8, 4) is 5.75 Å². The van der Waals surface area contributed by atoms with Gasteiger partial charge in [-0.2, -0.15) is 0 Å². The molecule has 0 radical (unpaired) electrons. The molecule has 0 aliphatic carbocycles. The van der Waals surface area contributed by atoms with Crippen molar-refractivity contribution in [3.05, 3.63) is 88.4 Å². The number of nitrogens with one attached hydrogen (secondary N) is 1. The minimum atomic E-state index is -4.17. The molecule has 0 heterocycles. The monoisotopic (exact) mass is 613 g/mol. The summed E-state index contributed by atoms with van der Waals surface area (Å²) in [5, 5.41) is 3.43. The van der Waals surface area contributed by atoms with Crippen LogP contribution >= 0.6 is 11.6 Å². The van der Waals surface area contributed by atoms with E-state index in [2.05, 4.69) is 5.32 Å². The molecule has 10 heteroatoms. The molecule has 2 unspecified atom stereocenters. The normalized spacial score (nSPS) is 12.7. The molecular formula is C32H40ClN3O5S. The van der Waals surface area contributed by atoms with Crippen LogP contribution in [0.5, 0.6) is 5.75 Å². The summed E-state index contributed by atoms with van der Waals surface area (Å²) in [6, 6.07) is 17.6. The fourth-order valence-electron chi connectivity index (χ4n) is 4.54. The second-order valence-corrected chi connectivity index (χ2v) is 12.7. The molecular weight excluding hydrogens is 574 g/mol. The highest BCUT2D eigenvalue weighted by atomic mass is 35.5. The Morgan fingerprint density at radius 3 is 2.14 bits per heavy atom. The molecule has 0 aromatic heterocycles. The lowest BCUT2D eigenvalue weighted by Gasteiger charge is -2.34. The number of rotatable bonds is 13. The van der Waals surface area contributed by atoms with Crippen LogP contribution in [0, 0.1) is 13.8 Å². The van der Waals surface area contributed by atoms with Gasteiger partial charge in [-0.05, 0) is 87.2 Å². The third-order valence-electron chi connectivity index (χ3n) is 7.21. The fourth-order valence-corrected chi connectivity index (χ4v) is 6.24. The number of methoxy groups -OCH3 is 1. The summed E-state index contributed by atoms with van der Waals surface area (Å²) in [4.78, 5) is 29.1. The SMILES string of the molecule is CCC(C)NC(=O)C(CC)N(Cc1ccc(OC)cc1)C(=O)CN(c1ccc(Cl)cc1C)S(=O)(=O)c1ccc(C)cc1. The maximum absolute atomic E-state index is 14.2. The van der Waals surface area contributed by atoms with Crippen molar-refractivity contribution in [2.75, 3.05) is 18.0 Å². The summed E-state index contributed by atoms with van der Waals surface area (Å²) in [6.07, 6.45) is 1.07. The zero-order valence-corrected chi connectivity index (χ0v) is 26.6. The third kappa shape index (κ3) is 8.04. The molecule has 2 atom stereocenters. The molecule has 0 aliphatic rings. The first kappa shape index (κ1) is 32.9. The van der Waals surface area contributed by atoms with Crippen molar-refractivity contribution in [2.45, 2.75) is 71.0 Å². The number of sulfonamides is 1. The lowest BCUT2D eigenvalue weighted by atomic mass is 10.1. The van der Waals surface area contributed by atoms with Crippen LogP contribution in [0.1, 0.15) is 50.3 Å². The first-order chi connectivity index (χ1) is 19.9. The Hall–Kier alpha value is -3.56. The van der Waals surface area contributed by atoms with Crippen LogP contribution < -0.4 is 14.4 Å². The van der Waals surface area contributed by atoms with E-state index in [1.165, 1.54) is 17.0 Å². The molecule has 0 saturated heterocycles. The molecule has 1 N–H and O–H groups in total. The highest BCUT2D eigenvalue weighted by Crippen LogP contribution is 2.30. The number of anilines is 1. The van der Waals surface area contributed by atoms with Crippen LogP contribution in [0.25, 0.3) is 0 Å². The summed E-state index contributed by atoms with van der Waals surface area (Å²) in [7, 11) is -2.60. The van der Waals surface area contributed by atoms with Crippen molar-refractivity contribution in [2.24, 2.45) is 0 Å². The van der Waals surface area contributed by atoms with Crippen LogP contribution in [-0.2, 0) is 26.2 Å². The van der Waals surface area contributed by atoms with Crippen molar-refractivity contribution in [3.63, 3.8) is 0 Å². The molecule has 3 rings (SSSR count). The van der Waals surface area contributed by atoms with Gasteiger partial charge in [-0.3, -0.25) is 13.9 Å². The van der Waals surface area contributed by atoms with Gasteiger partial charge in [-0.25, -0.2) is 8.42 Å². The molecule has 0 saturated carbocycles. The van der Waals surface area contributed by atoms with E-state index in [0.29, 0.717) is 28.4 Å². The average molecular weight is 614 g/mol. The quantitative estimate of drug-likeness (QED) is 0.260. The smallest absolute Gasteiger partial charge is 0.264 e. The minimum absolute atomic E-state index is 0.0542. The van der Waals surface area contributed by atoms with Crippen molar-refractivity contribution < 1.29 is 22.7 Å². The Morgan fingerprint density at radius 1 is 0.952 bits per heavy atom. The third-order valence-corrected chi connectivity index (χ3v) is 9.22. The van der Waals surface area contributed by atoms with Crippen molar-refractivity contribution >= 4 is 39.1 Å². The van der Waals surface area contributed by atoms with Gasteiger partial charge in [0, 0.05) is 17.6 Å². The van der Waals surface area contributed by atoms with Gasteiger partial charge in [-0.15, -0.1) is 0 Å². The molecule has 226 valence electrons. The summed E-state index contributed by atoms with van der Waals surface area (Å²) < 4.78 is 34.5. The standard InChI is InChI=1S/C32H40ClN3O5S/c1-7-24(5)34-32(38)29(8-2)35(20-25-11-14-27(41-6)15-12-25)31(37)21-36(30-18-13-26(33)19-23(30)4)42(39,40)28-16-9-22(3)10-17-28/h9-19,24,29H,7-8,20-21H2,1-6H3,(H,34,38). The van der Waals surface area contributed by atoms with Crippen molar-refractivity contribution in [1.29, 1.82) is 0 Å². The van der Waals surface area contributed by atoms with Gasteiger partial charge in [0.1, 0.15) is 18.3 Å². The fraction of sp³-hybridized carbons (Fsp3) is 0.375. The van der Waals surface area contributed by atoms with Crippen LogP contribution in [0.15, 0.2) is 71.6 Å². The Balaban J connectivity index is 2.09. The molecule has 3 aromatic carbocycles. The van der Waals surface area contributed by atoms with E-state index in [1.807, 2.05) is 39.8 Å². The van der Waals surface area contributed by atoms with E-state index in [4.69, 9.17) is 16.3 Å². The van der Waals surface area contributed by atoms with Gasteiger partial charge < -0.3 is 15.0 Å². The number of aryl methyl sites for hydroxylation is 2. The van der Waals surface area contributed by atoms with Gasteiger partial charge in [0.15, 0.2) is 0 Å². The van der Waals surface area contributed by atoms with Gasteiger partial charge in [0.05, 0.1) is 17.7 Å². The van der Waals surface area contributed by atoms with Gasteiger partial charge in [0.25, 0.3) is 10.0 Å². The van der Waals surface area contributed by atoms with E-state index >= 15 is 0 Å². The Morgan fingerprint density at radius 2 is 1.60 bits per heavy atom. The van der Waals surface area contributed by atoms with Crippen LogP contribution in [-0.4, -0.2) is 50.9 Å². The second-order valence-electron chi connectivity index (χ2n) is 10.4. The zero-order valence-electron chi connectivity index (χ0n) is 25.1. The average Bonchev–Trinajstić information content (AvgIpc) is 2.96. The topological polar surface area (TPSA) is 96.0 Å². The Kier molecular flexibility index (Phi) is 11.4. The summed E-state index contributed by atoms with van der Waals surface area (Å²) >= 11 is 6.19. The summed E-state index contributed by atoms with van der Waals surface area (Å²) in [6.45, 7) is 8.91. The first-order valence-corrected chi connectivity index (χ1v) is 15.8. The number of benzene rings is 3. The molecule has 0 fully saturated rings. The second kappa shape index (κ2) is 14.6. The van der Waals surface area contributed by atoms with E-state index < -0.39 is 28.5 Å². The number of carbonyl (C=O) groups excluding carboxylic acids is 2. The van der Waals surface area contributed by atoms with Crippen LogP contribution in [0.3, 0.4) is 0 Å². The number of hydrogen-bond donors (Lipinski definition) is 1. The molecule has 0 bridgehead atoms. The number of carbonyl (C=O) groups is 2. The molecule has 8 nitrogen and oxygen atoms in total. The molecule has 2 amide bonds. The molecule has 42 heavy (non-hydrogen) atoms. The van der Waals surface area contributed by atoms with Gasteiger partial charge in [0.2, 0.25) is 11.8 Å². The predicted octanol–water partition coefficient (Wildman–Crippen LogP) is 5.88. The summed E-state index contributed by atoms with van der Waals surface area (Å²) in [5.74, 6) is -0.141. The lowest BCUT2D eigenvalue weighted by molar-refractivity contribution is -0.140. The highest BCUT2D eigenvalue weighted by molar-refractivity contribution is 7.92. The van der Waals surface area contributed by atoms with E-state index in [1.54, 1.807) is 56.5 Å². The highest BCUT2D eigenvalue weighted by Gasteiger charge is 2.34. The number of nitrogens with zero attached hydrogens (tertiary/aromatic N) is 2. The minimum Gasteiger partial charge on any atom is -0.497 e.